The number of nitrogens with zero attached hydrogens (tertiary/aromatic N) is 1. The molecule has 0 aliphatic carbocycles. The van der Waals surface area contributed by atoms with Gasteiger partial charge in [-0.15, -0.1) is 0 Å². The maximum Gasteiger partial charge on any atom is 0.401 e. The maximum absolute atomic E-state index is 12.1. The van der Waals surface area contributed by atoms with Crippen molar-refractivity contribution in [1.82, 2.24) is 15.5 Å². The van der Waals surface area contributed by atoms with Gasteiger partial charge in [0, 0.05) is 13.0 Å². The first kappa shape index (κ1) is 19.2. The molecule has 1 heterocycles. The van der Waals surface area contributed by atoms with Crippen LogP contribution in [-0.2, 0) is 4.79 Å². The monoisotopic (exact) mass is 323 g/mol. The van der Waals surface area contributed by atoms with E-state index in [-0.39, 0.29) is 5.91 Å². The third kappa shape index (κ3) is 8.58. The summed E-state index contributed by atoms with van der Waals surface area (Å²) in [4.78, 5) is 13.1. The van der Waals surface area contributed by atoms with Crippen molar-refractivity contribution in [2.45, 2.75) is 38.8 Å². The first-order chi connectivity index (χ1) is 10.3. The SMILES string of the molecule is CC(CC(=O)NCCCN(C)CC(F)(F)F)C1CCCNC1. The van der Waals surface area contributed by atoms with Gasteiger partial charge in [-0.25, -0.2) is 0 Å². The highest BCUT2D eigenvalue weighted by atomic mass is 19.4. The Kier molecular flexibility index (Phi) is 8.17. The summed E-state index contributed by atoms with van der Waals surface area (Å²) in [5, 5.41) is 6.15. The van der Waals surface area contributed by atoms with Crippen LogP contribution in [0.15, 0.2) is 0 Å². The van der Waals surface area contributed by atoms with Crippen molar-refractivity contribution in [2.24, 2.45) is 11.8 Å². The van der Waals surface area contributed by atoms with Crippen LogP contribution in [0.25, 0.3) is 0 Å². The Morgan fingerprint density at radius 3 is 2.77 bits per heavy atom. The smallest absolute Gasteiger partial charge is 0.356 e. The van der Waals surface area contributed by atoms with Crippen LogP contribution in [0.2, 0.25) is 0 Å². The highest BCUT2D eigenvalue weighted by Crippen LogP contribution is 2.22. The second-order valence-corrected chi connectivity index (χ2v) is 6.34. The third-order valence-electron chi connectivity index (χ3n) is 4.14. The number of rotatable bonds is 8. The van der Waals surface area contributed by atoms with E-state index in [9.17, 15) is 18.0 Å². The standard InChI is InChI=1S/C15H28F3N3O/c1-12(13-5-3-6-19-10-13)9-14(22)20-7-4-8-21(2)11-15(16,17)18/h12-13,19H,3-11H2,1-2H3,(H,20,22). The molecule has 22 heavy (non-hydrogen) atoms. The van der Waals surface area contributed by atoms with Crippen LogP contribution in [-0.4, -0.2) is 56.8 Å². The van der Waals surface area contributed by atoms with Gasteiger partial charge < -0.3 is 10.6 Å². The zero-order chi connectivity index (χ0) is 16.6. The Morgan fingerprint density at radius 1 is 1.45 bits per heavy atom. The fraction of sp³-hybridized carbons (Fsp3) is 0.933. The van der Waals surface area contributed by atoms with Crippen molar-refractivity contribution in [1.29, 1.82) is 0 Å². The highest BCUT2D eigenvalue weighted by Gasteiger charge is 2.28. The summed E-state index contributed by atoms with van der Waals surface area (Å²) >= 11 is 0. The van der Waals surface area contributed by atoms with Crippen molar-refractivity contribution in [2.75, 3.05) is 39.8 Å². The van der Waals surface area contributed by atoms with Crippen LogP contribution in [0.1, 0.15) is 32.6 Å². The Balaban J connectivity index is 2.10. The highest BCUT2D eigenvalue weighted by molar-refractivity contribution is 5.76. The van der Waals surface area contributed by atoms with Gasteiger partial charge in [-0.3, -0.25) is 9.69 Å². The summed E-state index contributed by atoms with van der Waals surface area (Å²) in [6.07, 6.45) is -0.838. The summed E-state index contributed by atoms with van der Waals surface area (Å²) in [6, 6.07) is 0. The number of carbonyl (C=O) groups is 1. The number of nitrogens with one attached hydrogen (secondary N) is 2. The van der Waals surface area contributed by atoms with Gasteiger partial charge in [-0.1, -0.05) is 6.92 Å². The van der Waals surface area contributed by atoms with Crippen LogP contribution in [0.5, 0.6) is 0 Å². The van der Waals surface area contributed by atoms with E-state index in [0.29, 0.717) is 37.8 Å². The molecule has 4 nitrogen and oxygen atoms in total. The zero-order valence-electron chi connectivity index (χ0n) is 13.5. The van der Waals surface area contributed by atoms with Crippen molar-refractivity contribution >= 4 is 5.91 Å². The molecule has 0 aromatic heterocycles. The topological polar surface area (TPSA) is 44.4 Å². The molecule has 1 saturated heterocycles. The second kappa shape index (κ2) is 9.35. The van der Waals surface area contributed by atoms with Crippen LogP contribution in [0, 0.1) is 11.8 Å². The lowest BCUT2D eigenvalue weighted by Crippen LogP contribution is -2.36. The number of amides is 1. The van der Waals surface area contributed by atoms with Crippen molar-refractivity contribution in [3.05, 3.63) is 0 Å². The van der Waals surface area contributed by atoms with E-state index >= 15 is 0 Å². The predicted octanol–water partition coefficient (Wildman–Crippen LogP) is 2.01. The van der Waals surface area contributed by atoms with E-state index in [4.69, 9.17) is 0 Å². The minimum Gasteiger partial charge on any atom is -0.356 e. The number of halogens is 3. The molecule has 2 N–H and O–H groups in total. The molecule has 0 saturated carbocycles. The lowest BCUT2D eigenvalue weighted by Gasteiger charge is -2.28. The maximum atomic E-state index is 12.1. The van der Waals surface area contributed by atoms with Crippen LogP contribution >= 0.6 is 0 Å². The average Bonchev–Trinajstić information content (AvgIpc) is 2.42. The molecule has 2 unspecified atom stereocenters. The lowest BCUT2D eigenvalue weighted by atomic mass is 9.85. The Morgan fingerprint density at radius 2 is 2.18 bits per heavy atom. The fourth-order valence-corrected chi connectivity index (χ4v) is 2.86. The molecule has 1 fully saturated rings. The molecule has 0 radical (unpaired) electrons. The van der Waals surface area contributed by atoms with Gasteiger partial charge in [0.05, 0.1) is 6.54 Å². The van der Waals surface area contributed by atoms with E-state index in [1.54, 1.807) is 0 Å². The first-order valence-corrected chi connectivity index (χ1v) is 8.00. The minimum absolute atomic E-state index is 0.00320. The van der Waals surface area contributed by atoms with E-state index < -0.39 is 12.7 Å². The van der Waals surface area contributed by atoms with E-state index in [0.717, 1.165) is 25.9 Å². The van der Waals surface area contributed by atoms with E-state index in [1.807, 2.05) is 0 Å². The van der Waals surface area contributed by atoms with Gasteiger partial charge in [0.25, 0.3) is 0 Å². The largest absolute Gasteiger partial charge is 0.401 e. The Hall–Kier alpha value is -0.820. The number of alkyl halides is 3. The van der Waals surface area contributed by atoms with Gasteiger partial charge >= 0.3 is 6.18 Å². The third-order valence-corrected chi connectivity index (χ3v) is 4.14. The Bertz CT molecular complexity index is 330. The molecule has 130 valence electrons. The normalized spacial score (nSPS) is 20.9. The van der Waals surface area contributed by atoms with E-state index in [1.165, 1.54) is 11.9 Å². The Labute approximate surface area is 130 Å². The summed E-state index contributed by atoms with van der Waals surface area (Å²) in [5.74, 6) is 0.870. The molecule has 7 heteroatoms. The number of hydrogen-bond acceptors (Lipinski definition) is 3. The second-order valence-electron chi connectivity index (χ2n) is 6.34. The molecule has 0 aromatic carbocycles. The van der Waals surface area contributed by atoms with Crippen molar-refractivity contribution in [3.63, 3.8) is 0 Å². The fourth-order valence-electron chi connectivity index (χ4n) is 2.86. The average molecular weight is 323 g/mol. The minimum atomic E-state index is -4.17. The molecule has 1 aliphatic rings. The zero-order valence-corrected chi connectivity index (χ0v) is 13.5. The molecule has 0 aromatic rings. The van der Waals surface area contributed by atoms with Gasteiger partial charge in [0.2, 0.25) is 5.91 Å². The molecular formula is C15H28F3N3O. The number of carbonyl (C=O) groups excluding carboxylic acids is 1. The molecule has 2 atom stereocenters. The van der Waals surface area contributed by atoms with Crippen molar-refractivity contribution in [3.8, 4) is 0 Å². The summed E-state index contributed by atoms with van der Waals surface area (Å²) in [7, 11) is 1.44. The quantitative estimate of drug-likeness (QED) is 0.672. The molecule has 1 amide bonds. The van der Waals surface area contributed by atoms with E-state index in [2.05, 4.69) is 17.6 Å². The predicted molar refractivity (Wildman–Crippen MR) is 80.6 cm³/mol. The number of piperidine rings is 1. The summed E-state index contributed by atoms with van der Waals surface area (Å²) in [5.41, 5.74) is 0. The van der Waals surface area contributed by atoms with Crippen molar-refractivity contribution < 1.29 is 18.0 Å². The summed E-state index contributed by atoms with van der Waals surface area (Å²) < 4.78 is 36.4. The first-order valence-electron chi connectivity index (χ1n) is 8.00. The van der Waals surface area contributed by atoms with Gasteiger partial charge in [-0.2, -0.15) is 13.2 Å². The number of hydrogen-bond donors (Lipinski definition) is 2. The lowest BCUT2D eigenvalue weighted by molar-refractivity contribution is -0.143. The van der Waals surface area contributed by atoms with Crippen LogP contribution < -0.4 is 10.6 Å². The van der Waals surface area contributed by atoms with Crippen LogP contribution in [0.3, 0.4) is 0 Å². The summed E-state index contributed by atoms with van der Waals surface area (Å²) in [6.45, 7) is 3.96. The molecule has 1 rings (SSSR count). The molecular weight excluding hydrogens is 295 g/mol. The molecule has 1 aliphatic heterocycles. The molecule has 0 bridgehead atoms. The van der Waals surface area contributed by atoms with Gasteiger partial charge in [0.1, 0.15) is 0 Å². The molecule has 0 spiro atoms. The van der Waals surface area contributed by atoms with Crippen LogP contribution in [0.4, 0.5) is 13.2 Å². The van der Waals surface area contributed by atoms with Gasteiger partial charge in [-0.05, 0) is 57.8 Å². The van der Waals surface area contributed by atoms with Gasteiger partial charge in [0.15, 0.2) is 0 Å².